The third kappa shape index (κ3) is 5.23. The lowest BCUT2D eigenvalue weighted by atomic mass is 9.85. The minimum absolute atomic E-state index is 0.0354. The van der Waals surface area contributed by atoms with Gasteiger partial charge in [0.1, 0.15) is 16.9 Å². The molecule has 10 nitrogen and oxygen atoms in total. The van der Waals surface area contributed by atoms with E-state index < -0.39 is 5.91 Å². The Bertz CT molecular complexity index is 1040. The number of anilines is 1. The predicted octanol–water partition coefficient (Wildman–Crippen LogP) is 2.16. The van der Waals surface area contributed by atoms with Crippen molar-refractivity contribution < 1.29 is 23.5 Å². The molecule has 0 unspecified atom stereocenters. The summed E-state index contributed by atoms with van der Waals surface area (Å²) >= 11 is 0. The van der Waals surface area contributed by atoms with Crippen LogP contribution in [-0.4, -0.2) is 74.0 Å². The third-order valence-electron chi connectivity index (χ3n) is 6.76. The Kier molecular flexibility index (Phi) is 7.79. The smallest absolute Gasteiger partial charge is 0.289 e. The van der Waals surface area contributed by atoms with Crippen LogP contribution in [0.15, 0.2) is 16.5 Å². The van der Waals surface area contributed by atoms with Crippen LogP contribution in [0.2, 0.25) is 0 Å². The van der Waals surface area contributed by atoms with Gasteiger partial charge in [0, 0.05) is 32.7 Å². The Balaban J connectivity index is 1.54. The molecular formula is C24H33N5O5. The zero-order valence-corrected chi connectivity index (χ0v) is 19.8. The van der Waals surface area contributed by atoms with E-state index in [9.17, 15) is 14.4 Å². The largest absolute Gasteiger partial charge is 0.447 e. The van der Waals surface area contributed by atoms with Gasteiger partial charge in [-0.1, -0.05) is 0 Å². The quantitative estimate of drug-likeness (QED) is 0.504. The number of nitrogens with one attached hydrogen (secondary N) is 3. The van der Waals surface area contributed by atoms with Crippen LogP contribution in [-0.2, 0) is 9.53 Å². The van der Waals surface area contributed by atoms with Crippen molar-refractivity contribution in [3.63, 3.8) is 0 Å². The minimum Gasteiger partial charge on any atom is -0.447 e. The van der Waals surface area contributed by atoms with Crippen LogP contribution in [0.5, 0.6) is 0 Å². The predicted molar refractivity (Wildman–Crippen MR) is 127 cm³/mol. The molecular weight excluding hydrogens is 438 g/mol. The number of hydrogen-bond donors (Lipinski definition) is 3. The summed E-state index contributed by atoms with van der Waals surface area (Å²) in [7, 11) is 3.06. The van der Waals surface area contributed by atoms with E-state index >= 15 is 0 Å². The van der Waals surface area contributed by atoms with E-state index in [0.29, 0.717) is 18.2 Å². The maximum atomic E-state index is 13.2. The van der Waals surface area contributed by atoms with Gasteiger partial charge in [-0.3, -0.25) is 14.4 Å². The molecule has 1 saturated carbocycles. The van der Waals surface area contributed by atoms with E-state index in [1.807, 2.05) is 0 Å². The molecule has 4 rings (SSSR count). The van der Waals surface area contributed by atoms with Crippen LogP contribution >= 0.6 is 0 Å². The summed E-state index contributed by atoms with van der Waals surface area (Å²) in [4.78, 5) is 45.1. The van der Waals surface area contributed by atoms with Gasteiger partial charge in [0.15, 0.2) is 5.58 Å². The van der Waals surface area contributed by atoms with Crippen molar-refractivity contribution in [2.24, 2.45) is 5.92 Å². The van der Waals surface area contributed by atoms with Crippen molar-refractivity contribution in [2.75, 3.05) is 45.7 Å². The zero-order chi connectivity index (χ0) is 24.1. The number of aromatic nitrogens is 1. The lowest BCUT2D eigenvalue weighted by molar-refractivity contribution is -0.121. The number of fused-ring (bicyclic) bond motifs is 1. The highest BCUT2D eigenvalue weighted by molar-refractivity contribution is 6.10. The van der Waals surface area contributed by atoms with Gasteiger partial charge in [-0.15, -0.1) is 0 Å². The summed E-state index contributed by atoms with van der Waals surface area (Å²) in [6.07, 6.45) is 6.11. The normalized spacial score (nSPS) is 20.9. The molecule has 3 N–H and O–H groups in total. The first-order valence-corrected chi connectivity index (χ1v) is 12.0. The SMILES string of the molecule is CNC(=O)c1ccc2oc(C(=O)NCCOC)c(NC(=O)[C@H]3CC[C@H](N4CCCC4)CC3)c2n1. The van der Waals surface area contributed by atoms with Crippen LogP contribution in [0.3, 0.4) is 0 Å². The highest BCUT2D eigenvalue weighted by Crippen LogP contribution is 2.33. The Morgan fingerprint density at radius 1 is 1.12 bits per heavy atom. The molecule has 0 aromatic carbocycles. The second kappa shape index (κ2) is 11.0. The van der Waals surface area contributed by atoms with Gasteiger partial charge in [0.05, 0.1) is 6.61 Å². The molecule has 2 aromatic heterocycles. The Morgan fingerprint density at radius 3 is 2.53 bits per heavy atom. The van der Waals surface area contributed by atoms with E-state index in [2.05, 4.69) is 25.8 Å². The van der Waals surface area contributed by atoms with Crippen LogP contribution in [0.4, 0.5) is 5.69 Å². The number of amides is 3. The van der Waals surface area contributed by atoms with Crippen molar-refractivity contribution in [3.8, 4) is 0 Å². The fourth-order valence-corrected chi connectivity index (χ4v) is 4.89. The average molecular weight is 472 g/mol. The first-order valence-electron chi connectivity index (χ1n) is 12.0. The highest BCUT2D eigenvalue weighted by atomic mass is 16.5. The van der Waals surface area contributed by atoms with Crippen molar-refractivity contribution in [2.45, 2.75) is 44.6 Å². The Morgan fingerprint density at radius 2 is 1.85 bits per heavy atom. The molecule has 2 aromatic rings. The summed E-state index contributed by atoms with van der Waals surface area (Å²) in [6.45, 7) is 2.94. The topological polar surface area (TPSA) is 126 Å². The van der Waals surface area contributed by atoms with Crippen molar-refractivity contribution in [3.05, 3.63) is 23.6 Å². The van der Waals surface area contributed by atoms with Gasteiger partial charge in [-0.05, 0) is 63.7 Å². The molecule has 184 valence electrons. The number of likely N-dealkylation sites (tertiary alicyclic amines) is 1. The molecule has 0 spiro atoms. The van der Waals surface area contributed by atoms with Crippen molar-refractivity contribution in [1.29, 1.82) is 0 Å². The molecule has 1 aliphatic heterocycles. The second-order valence-electron chi connectivity index (χ2n) is 8.92. The lowest BCUT2D eigenvalue weighted by Gasteiger charge is -2.33. The molecule has 1 aliphatic carbocycles. The number of carbonyl (C=O) groups is 3. The van der Waals surface area contributed by atoms with Gasteiger partial charge < -0.3 is 30.0 Å². The number of hydrogen-bond acceptors (Lipinski definition) is 7. The van der Waals surface area contributed by atoms with Crippen molar-refractivity contribution in [1.82, 2.24) is 20.5 Å². The summed E-state index contributed by atoms with van der Waals surface area (Å²) in [6, 6.07) is 3.65. The van der Waals surface area contributed by atoms with E-state index in [4.69, 9.17) is 9.15 Å². The molecule has 34 heavy (non-hydrogen) atoms. The molecule has 3 amide bonds. The second-order valence-corrected chi connectivity index (χ2v) is 8.92. The highest BCUT2D eigenvalue weighted by Gasteiger charge is 2.32. The van der Waals surface area contributed by atoms with Gasteiger partial charge in [-0.2, -0.15) is 0 Å². The molecule has 3 heterocycles. The molecule has 2 aliphatic rings. The van der Waals surface area contributed by atoms with E-state index in [1.54, 1.807) is 13.2 Å². The van der Waals surface area contributed by atoms with Crippen LogP contribution in [0.25, 0.3) is 11.1 Å². The van der Waals surface area contributed by atoms with Gasteiger partial charge in [0.2, 0.25) is 11.7 Å². The molecule has 0 atom stereocenters. The number of furan rings is 1. The van der Waals surface area contributed by atoms with E-state index in [0.717, 1.165) is 38.8 Å². The fraction of sp³-hybridized carbons (Fsp3) is 0.583. The van der Waals surface area contributed by atoms with Crippen LogP contribution in [0.1, 0.15) is 59.6 Å². The molecule has 0 bridgehead atoms. The molecule has 10 heteroatoms. The number of pyridine rings is 1. The van der Waals surface area contributed by atoms with E-state index in [-0.39, 0.29) is 46.9 Å². The number of rotatable bonds is 8. The van der Waals surface area contributed by atoms with Crippen molar-refractivity contribution >= 4 is 34.5 Å². The summed E-state index contributed by atoms with van der Waals surface area (Å²) in [5.74, 6) is -1.18. The standard InChI is InChI=1S/C24H33N5O5/c1-25-23(31)17-9-10-18-19(27-17)20(21(34-18)24(32)26-11-14-33-2)28-22(30)15-5-7-16(8-6-15)29-12-3-4-13-29/h9-10,15-16H,3-8,11-14H2,1-2H3,(H,25,31)(H,26,32)(H,28,30)/t15-,16-. The summed E-state index contributed by atoms with van der Waals surface area (Å²) in [5, 5.41) is 8.16. The Hall–Kier alpha value is -2.98. The monoisotopic (exact) mass is 471 g/mol. The van der Waals surface area contributed by atoms with Crippen LogP contribution in [0, 0.1) is 5.92 Å². The first-order chi connectivity index (χ1) is 16.5. The zero-order valence-electron chi connectivity index (χ0n) is 19.8. The Labute approximate surface area is 198 Å². The van der Waals surface area contributed by atoms with E-state index in [1.165, 1.54) is 26.0 Å². The number of methoxy groups -OCH3 is 1. The number of carbonyl (C=O) groups excluding carboxylic acids is 3. The maximum Gasteiger partial charge on any atom is 0.289 e. The van der Waals surface area contributed by atoms with Gasteiger partial charge >= 0.3 is 0 Å². The van der Waals surface area contributed by atoms with Crippen LogP contribution < -0.4 is 16.0 Å². The number of ether oxygens (including phenoxy) is 1. The van der Waals surface area contributed by atoms with Gasteiger partial charge in [0.25, 0.3) is 11.8 Å². The fourth-order valence-electron chi connectivity index (χ4n) is 4.89. The molecule has 0 radical (unpaired) electrons. The summed E-state index contributed by atoms with van der Waals surface area (Å²) < 4.78 is 10.8. The third-order valence-corrected chi connectivity index (χ3v) is 6.76. The molecule has 1 saturated heterocycles. The summed E-state index contributed by atoms with van der Waals surface area (Å²) in [5.41, 5.74) is 0.959. The maximum absolute atomic E-state index is 13.2. The average Bonchev–Trinajstić information content (AvgIpc) is 3.52. The lowest BCUT2D eigenvalue weighted by Crippen LogP contribution is -2.38. The minimum atomic E-state index is -0.482. The first kappa shape index (κ1) is 24.2. The van der Waals surface area contributed by atoms with Gasteiger partial charge in [-0.25, -0.2) is 4.98 Å². The molecule has 2 fully saturated rings. The number of nitrogens with zero attached hydrogens (tertiary/aromatic N) is 2.